The molecule has 3 aromatic carbocycles. The molecule has 0 saturated heterocycles. The number of carbonyl (C=O) groups excluding carboxylic acids is 1. The molecular formula is C23H19ClN2O2. The standard InChI is InChI=1S/C23H19ClN2O2/c1-28-20-4-2-3-15(11-20)12-23(27)25-19-8-5-16(6-9-19)22-14-17-13-18(24)7-10-21(17)26-22/h2-11,13-14,26H,12H2,1H3,(H,25,27). The van der Waals surface area contributed by atoms with E-state index in [2.05, 4.69) is 16.4 Å². The number of carbonyl (C=O) groups is 1. The van der Waals surface area contributed by atoms with E-state index in [-0.39, 0.29) is 5.91 Å². The van der Waals surface area contributed by atoms with E-state index in [1.165, 1.54) is 0 Å². The van der Waals surface area contributed by atoms with Gasteiger partial charge in [-0.2, -0.15) is 0 Å². The predicted octanol–water partition coefficient (Wildman–Crippen LogP) is 5.68. The summed E-state index contributed by atoms with van der Waals surface area (Å²) >= 11 is 6.06. The SMILES string of the molecule is COc1cccc(CC(=O)Nc2ccc(-c3cc4cc(Cl)ccc4[nH]3)cc2)c1. The van der Waals surface area contributed by atoms with Gasteiger partial charge in [-0.3, -0.25) is 4.79 Å². The van der Waals surface area contributed by atoms with Gasteiger partial charge in [0.05, 0.1) is 13.5 Å². The van der Waals surface area contributed by atoms with E-state index in [0.717, 1.165) is 39.2 Å². The van der Waals surface area contributed by atoms with Gasteiger partial charge >= 0.3 is 0 Å². The monoisotopic (exact) mass is 390 g/mol. The molecule has 0 radical (unpaired) electrons. The first-order valence-electron chi connectivity index (χ1n) is 8.92. The third kappa shape index (κ3) is 4.02. The topological polar surface area (TPSA) is 54.1 Å². The lowest BCUT2D eigenvalue weighted by molar-refractivity contribution is -0.115. The van der Waals surface area contributed by atoms with Crippen LogP contribution in [0.2, 0.25) is 5.02 Å². The fourth-order valence-corrected chi connectivity index (χ4v) is 3.35. The summed E-state index contributed by atoms with van der Waals surface area (Å²) in [6.07, 6.45) is 0.293. The van der Waals surface area contributed by atoms with Gasteiger partial charge in [0.1, 0.15) is 5.75 Å². The Morgan fingerprint density at radius 2 is 1.86 bits per heavy atom. The number of aromatic amines is 1. The highest BCUT2D eigenvalue weighted by Crippen LogP contribution is 2.27. The Morgan fingerprint density at radius 1 is 1.04 bits per heavy atom. The molecule has 4 nitrogen and oxygen atoms in total. The van der Waals surface area contributed by atoms with Crippen molar-refractivity contribution in [1.82, 2.24) is 4.98 Å². The van der Waals surface area contributed by atoms with Crippen LogP contribution in [-0.2, 0) is 11.2 Å². The van der Waals surface area contributed by atoms with Crippen LogP contribution in [0, 0.1) is 0 Å². The van der Waals surface area contributed by atoms with E-state index in [9.17, 15) is 4.79 Å². The van der Waals surface area contributed by atoms with Gasteiger partial charge in [0.2, 0.25) is 5.91 Å². The van der Waals surface area contributed by atoms with Gasteiger partial charge in [-0.25, -0.2) is 0 Å². The lowest BCUT2D eigenvalue weighted by Crippen LogP contribution is -2.14. The van der Waals surface area contributed by atoms with E-state index in [1.807, 2.05) is 66.7 Å². The van der Waals surface area contributed by atoms with Gasteiger partial charge in [-0.15, -0.1) is 0 Å². The molecular weight excluding hydrogens is 372 g/mol. The molecule has 0 bridgehead atoms. The van der Waals surface area contributed by atoms with Crippen molar-refractivity contribution in [3.63, 3.8) is 0 Å². The lowest BCUT2D eigenvalue weighted by Gasteiger charge is -2.07. The number of rotatable bonds is 5. The minimum Gasteiger partial charge on any atom is -0.497 e. The molecule has 0 saturated carbocycles. The number of benzene rings is 3. The second-order valence-electron chi connectivity index (χ2n) is 6.57. The molecule has 4 aromatic rings. The largest absolute Gasteiger partial charge is 0.497 e. The second kappa shape index (κ2) is 7.79. The quantitative estimate of drug-likeness (QED) is 0.460. The average Bonchev–Trinajstić information content (AvgIpc) is 3.11. The summed E-state index contributed by atoms with van der Waals surface area (Å²) in [6, 6.07) is 23.1. The molecule has 0 atom stereocenters. The summed E-state index contributed by atoms with van der Waals surface area (Å²) in [6.45, 7) is 0. The van der Waals surface area contributed by atoms with Crippen LogP contribution < -0.4 is 10.1 Å². The number of aromatic nitrogens is 1. The highest BCUT2D eigenvalue weighted by atomic mass is 35.5. The Bertz CT molecular complexity index is 1130. The maximum Gasteiger partial charge on any atom is 0.228 e. The van der Waals surface area contributed by atoms with Crippen molar-refractivity contribution < 1.29 is 9.53 Å². The molecule has 0 fully saturated rings. The van der Waals surface area contributed by atoms with Gasteiger partial charge in [0, 0.05) is 27.3 Å². The Morgan fingerprint density at radius 3 is 2.64 bits per heavy atom. The first-order chi connectivity index (χ1) is 13.6. The highest BCUT2D eigenvalue weighted by molar-refractivity contribution is 6.31. The zero-order valence-corrected chi connectivity index (χ0v) is 16.1. The van der Waals surface area contributed by atoms with Crippen molar-refractivity contribution in [1.29, 1.82) is 0 Å². The van der Waals surface area contributed by atoms with Crippen molar-refractivity contribution in [3.8, 4) is 17.0 Å². The molecule has 1 aromatic heterocycles. The molecule has 0 aliphatic rings. The van der Waals surface area contributed by atoms with E-state index < -0.39 is 0 Å². The molecule has 0 unspecified atom stereocenters. The van der Waals surface area contributed by atoms with Crippen LogP contribution >= 0.6 is 11.6 Å². The van der Waals surface area contributed by atoms with Crippen LogP contribution in [0.25, 0.3) is 22.2 Å². The van der Waals surface area contributed by atoms with Gasteiger partial charge in [0.25, 0.3) is 0 Å². The Hall–Kier alpha value is -3.24. The number of nitrogens with one attached hydrogen (secondary N) is 2. The second-order valence-corrected chi connectivity index (χ2v) is 7.00. The van der Waals surface area contributed by atoms with E-state index in [4.69, 9.17) is 16.3 Å². The van der Waals surface area contributed by atoms with Crippen molar-refractivity contribution >= 4 is 34.1 Å². The van der Waals surface area contributed by atoms with Crippen LogP contribution in [0.4, 0.5) is 5.69 Å². The Kier molecular flexibility index (Phi) is 5.04. The first kappa shape index (κ1) is 18.1. The van der Waals surface area contributed by atoms with Gasteiger partial charge in [-0.1, -0.05) is 35.9 Å². The highest BCUT2D eigenvalue weighted by Gasteiger charge is 2.07. The van der Waals surface area contributed by atoms with Crippen molar-refractivity contribution in [2.45, 2.75) is 6.42 Å². The smallest absolute Gasteiger partial charge is 0.228 e. The number of anilines is 1. The summed E-state index contributed by atoms with van der Waals surface area (Å²) in [5, 5.41) is 4.72. The van der Waals surface area contributed by atoms with Gasteiger partial charge in [-0.05, 0) is 59.7 Å². The maximum atomic E-state index is 12.3. The number of hydrogen-bond donors (Lipinski definition) is 2. The molecule has 2 N–H and O–H groups in total. The average molecular weight is 391 g/mol. The minimum absolute atomic E-state index is 0.0683. The molecule has 28 heavy (non-hydrogen) atoms. The van der Waals surface area contributed by atoms with E-state index in [1.54, 1.807) is 7.11 Å². The van der Waals surface area contributed by atoms with Crippen molar-refractivity contribution in [3.05, 3.63) is 83.4 Å². The molecule has 0 spiro atoms. The van der Waals surface area contributed by atoms with Crippen LogP contribution in [-0.4, -0.2) is 18.0 Å². The zero-order valence-electron chi connectivity index (χ0n) is 15.3. The lowest BCUT2D eigenvalue weighted by atomic mass is 10.1. The summed E-state index contributed by atoms with van der Waals surface area (Å²) in [4.78, 5) is 15.7. The van der Waals surface area contributed by atoms with Crippen LogP contribution in [0.3, 0.4) is 0 Å². The predicted molar refractivity (Wildman–Crippen MR) is 114 cm³/mol. The third-order valence-corrected chi connectivity index (χ3v) is 4.80. The van der Waals surface area contributed by atoms with Gasteiger partial charge in [0.15, 0.2) is 0 Å². The molecule has 0 aliphatic carbocycles. The van der Waals surface area contributed by atoms with Crippen molar-refractivity contribution in [2.24, 2.45) is 0 Å². The van der Waals surface area contributed by atoms with E-state index in [0.29, 0.717) is 11.4 Å². The number of hydrogen-bond acceptors (Lipinski definition) is 2. The number of halogens is 1. The maximum absolute atomic E-state index is 12.3. The van der Waals surface area contributed by atoms with Gasteiger partial charge < -0.3 is 15.0 Å². The number of amides is 1. The molecule has 0 aliphatic heterocycles. The molecule has 5 heteroatoms. The summed E-state index contributed by atoms with van der Waals surface area (Å²) in [5.41, 5.74) is 4.75. The van der Waals surface area contributed by atoms with Crippen LogP contribution in [0.1, 0.15) is 5.56 Å². The number of H-pyrrole nitrogens is 1. The minimum atomic E-state index is -0.0683. The molecule has 140 valence electrons. The number of ether oxygens (including phenoxy) is 1. The molecule has 1 amide bonds. The normalized spacial score (nSPS) is 10.8. The molecule has 1 heterocycles. The first-order valence-corrected chi connectivity index (χ1v) is 9.30. The zero-order chi connectivity index (χ0) is 19.5. The Balaban J connectivity index is 1.45. The Labute approximate surface area is 168 Å². The third-order valence-electron chi connectivity index (χ3n) is 4.56. The fraction of sp³-hybridized carbons (Fsp3) is 0.0870. The summed E-state index contributed by atoms with van der Waals surface area (Å²) in [7, 11) is 1.61. The fourth-order valence-electron chi connectivity index (χ4n) is 3.17. The number of methoxy groups -OCH3 is 1. The summed E-state index contributed by atoms with van der Waals surface area (Å²) in [5.74, 6) is 0.676. The van der Waals surface area contributed by atoms with Crippen molar-refractivity contribution in [2.75, 3.05) is 12.4 Å². The van der Waals surface area contributed by atoms with Crippen LogP contribution in [0.15, 0.2) is 72.8 Å². The number of fused-ring (bicyclic) bond motifs is 1. The van der Waals surface area contributed by atoms with Crippen LogP contribution in [0.5, 0.6) is 5.75 Å². The summed E-state index contributed by atoms with van der Waals surface area (Å²) < 4.78 is 5.20. The van der Waals surface area contributed by atoms with E-state index >= 15 is 0 Å². The molecule has 4 rings (SSSR count).